The highest BCUT2D eigenvalue weighted by atomic mass is 35.5. The van der Waals surface area contributed by atoms with Crippen LogP contribution in [0, 0.1) is 17.8 Å². The molecule has 1 heterocycles. The normalized spacial score (nSPS) is 29.9. The Labute approximate surface area is 169 Å². The minimum absolute atomic E-state index is 0. The van der Waals surface area contributed by atoms with Crippen LogP contribution < -0.4 is 11.1 Å². The minimum Gasteiger partial charge on any atom is -0.327 e. The average Bonchev–Trinajstić information content (AvgIpc) is 3.31. The van der Waals surface area contributed by atoms with Gasteiger partial charge in [0.2, 0.25) is 5.91 Å². The van der Waals surface area contributed by atoms with Gasteiger partial charge in [0, 0.05) is 18.3 Å². The van der Waals surface area contributed by atoms with E-state index in [2.05, 4.69) is 22.3 Å². The van der Waals surface area contributed by atoms with Crippen LogP contribution in [-0.2, 0) is 11.2 Å². The van der Waals surface area contributed by atoms with E-state index in [1.807, 2.05) is 12.1 Å². The molecule has 1 aliphatic heterocycles. The third-order valence-corrected chi connectivity index (χ3v) is 6.42. The number of benzene rings is 1. The fourth-order valence-electron chi connectivity index (χ4n) is 5.00. The third kappa shape index (κ3) is 4.53. The number of anilines is 1. The van der Waals surface area contributed by atoms with E-state index >= 15 is 0 Å². The molecule has 0 aromatic heterocycles. The number of carbonyl (C=O) groups is 1. The molecule has 2 saturated carbocycles. The fraction of sp³-hybridized carbons (Fsp3) is 0.650. The van der Waals surface area contributed by atoms with E-state index in [9.17, 15) is 4.79 Å². The largest absolute Gasteiger partial charge is 0.327 e. The van der Waals surface area contributed by atoms with Crippen molar-refractivity contribution in [1.82, 2.24) is 4.90 Å². The lowest BCUT2D eigenvalue weighted by Gasteiger charge is -2.27. The fourth-order valence-corrected chi connectivity index (χ4v) is 5.00. The molecule has 1 aromatic carbocycles. The number of likely N-dealkylation sites (tertiary alicyclic amines) is 1. The molecule has 4 unspecified atom stereocenters. The number of nitrogens with one attached hydrogen (secondary N) is 1. The summed E-state index contributed by atoms with van der Waals surface area (Å²) in [6.45, 7) is 3.64. The summed E-state index contributed by atoms with van der Waals surface area (Å²) in [5, 5.41) is 3.09. The van der Waals surface area contributed by atoms with E-state index in [1.54, 1.807) is 0 Å². The number of carbonyl (C=O) groups excluding carboxylic acids is 1. The lowest BCUT2D eigenvalue weighted by Crippen LogP contribution is -2.42. The monoisotopic (exact) mass is 399 g/mol. The molecule has 1 saturated heterocycles. The van der Waals surface area contributed by atoms with Crippen LogP contribution in [0.3, 0.4) is 0 Å². The van der Waals surface area contributed by atoms with Crippen LogP contribution in [-0.4, -0.2) is 36.5 Å². The second kappa shape index (κ2) is 9.41. The quantitative estimate of drug-likeness (QED) is 0.796. The van der Waals surface area contributed by atoms with Gasteiger partial charge >= 0.3 is 0 Å². The van der Waals surface area contributed by atoms with Crippen LogP contribution in [0.2, 0.25) is 0 Å². The van der Waals surface area contributed by atoms with Gasteiger partial charge in [-0.1, -0.05) is 12.1 Å². The van der Waals surface area contributed by atoms with Gasteiger partial charge < -0.3 is 16.0 Å². The molecule has 146 valence electrons. The number of nitrogens with zero attached hydrogens (tertiary/aromatic N) is 1. The van der Waals surface area contributed by atoms with Gasteiger partial charge in [-0.25, -0.2) is 0 Å². The Morgan fingerprint density at radius 3 is 2.35 bits per heavy atom. The van der Waals surface area contributed by atoms with Crippen LogP contribution >= 0.6 is 24.8 Å². The van der Waals surface area contributed by atoms with Crippen molar-refractivity contribution >= 4 is 36.4 Å². The summed E-state index contributed by atoms with van der Waals surface area (Å²) < 4.78 is 0. The van der Waals surface area contributed by atoms with Crippen molar-refractivity contribution in [2.75, 3.05) is 25.0 Å². The molecule has 2 bridgehead atoms. The van der Waals surface area contributed by atoms with Gasteiger partial charge in [0.1, 0.15) is 0 Å². The number of rotatable bonds is 5. The molecular weight excluding hydrogens is 369 g/mol. The Morgan fingerprint density at radius 2 is 1.73 bits per heavy atom. The Hall–Kier alpha value is -0.810. The molecule has 3 N–H and O–H groups in total. The smallest absolute Gasteiger partial charge is 0.229 e. The topological polar surface area (TPSA) is 58.4 Å². The van der Waals surface area contributed by atoms with Crippen molar-refractivity contribution in [1.29, 1.82) is 0 Å². The lowest BCUT2D eigenvalue weighted by molar-refractivity contribution is -0.121. The van der Waals surface area contributed by atoms with Crippen LogP contribution in [0.25, 0.3) is 0 Å². The van der Waals surface area contributed by atoms with E-state index in [-0.39, 0.29) is 42.7 Å². The molecule has 1 amide bonds. The van der Waals surface area contributed by atoms with Gasteiger partial charge in [-0.05, 0) is 81.1 Å². The summed E-state index contributed by atoms with van der Waals surface area (Å²) >= 11 is 0. The second-order valence-corrected chi connectivity index (χ2v) is 7.92. The SMILES string of the molecule is Cl.Cl.NC1C2CCC(C2)C1C(=O)Nc1ccc(CCN2CCCC2)cc1. The van der Waals surface area contributed by atoms with E-state index in [4.69, 9.17) is 5.73 Å². The maximum atomic E-state index is 12.6. The van der Waals surface area contributed by atoms with Crippen molar-refractivity contribution in [3.05, 3.63) is 29.8 Å². The van der Waals surface area contributed by atoms with Gasteiger partial charge in [0.25, 0.3) is 0 Å². The standard InChI is InChI=1S/C20H29N3O.2ClH/c21-19-16-6-5-15(13-16)18(19)20(24)22-17-7-3-14(4-8-17)9-12-23-10-1-2-11-23;;/h3-4,7-8,15-16,18-19H,1-2,5-6,9-13,21H2,(H,22,24);2*1H. The average molecular weight is 400 g/mol. The minimum atomic E-state index is 0. The molecule has 3 fully saturated rings. The Kier molecular flexibility index (Phi) is 7.77. The number of fused-ring (bicyclic) bond motifs is 2. The summed E-state index contributed by atoms with van der Waals surface area (Å²) in [5.74, 6) is 1.21. The molecule has 6 heteroatoms. The molecule has 1 aromatic rings. The van der Waals surface area contributed by atoms with Gasteiger partial charge in [0.15, 0.2) is 0 Å². The first-order valence-electron chi connectivity index (χ1n) is 9.58. The maximum absolute atomic E-state index is 12.6. The number of hydrogen-bond acceptors (Lipinski definition) is 3. The predicted octanol–water partition coefficient (Wildman–Crippen LogP) is 3.48. The molecule has 4 rings (SSSR count). The Morgan fingerprint density at radius 1 is 1.08 bits per heavy atom. The van der Waals surface area contributed by atoms with Crippen molar-refractivity contribution in [2.24, 2.45) is 23.5 Å². The molecule has 2 aliphatic carbocycles. The summed E-state index contributed by atoms with van der Waals surface area (Å²) in [6, 6.07) is 8.42. The van der Waals surface area contributed by atoms with Crippen molar-refractivity contribution in [2.45, 2.75) is 44.6 Å². The second-order valence-electron chi connectivity index (χ2n) is 7.92. The lowest BCUT2D eigenvalue weighted by atomic mass is 9.84. The number of halogens is 2. The molecule has 4 atom stereocenters. The zero-order chi connectivity index (χ0) is 16.5. The first kappa shape index (κ1) is 21.5. The Balaban J connectivity index is 0.00000121. The van der Waals surface area contributed by atoms with E-state index < -0.39 is 0 Å². The third-order valence-electron chi connectivity index (χ3n) is 6.42. The molecular formula is C20H31Cl2N3O. The van der Waals surface area contributed by atoms with Gasteiger partial charge in [-0.3, -0.25) is 4.79 Å². The van der Waals surface area contributed by atoms with Crippen LogP contribution in [0.15, 0.2) is 24.3 Å². The van der Waals surface area contributed by atoms with Crippen LogP contribution in [0.4, 0.5) is 5.69 Å². The Bertz CT molecular complexity index is 587. The van der Waals surface area contributed by atoms with Gasteiger partial charge in [-0.15, -0.1) is 24.8 Å². The van der Waals surface area contributed by atoms with E-state index in [0.29, 0.717) is 11.8 Å². The van der Waals surface area contributed by atoms with Crippen LogP contribution in [0.1, 0.15) is 37.7 Å². The molecule has 4 nitrogen and oxygen atoms in total. The van der Waals surface area contributed by atoms with Crippen molar-refractivity contribution in [3.8, 4) is 0 Å². The summed E-state index contributed by atoms with van der Waals surface area (Å²) in [5.41, 5.74) is 8.52. The number of nitrogens with two attached hydrogens (primary N) is 1. The van der Waals surface area contributed by atoms with E-state index in [1.165, 1.54) is 44.3 Å². The highest BCUT2D eigenvalue weighted by Gasteiger charge is 2.49. The van der Waals surface area contributed by atoms with Gasteiger partial charge in [-0.2, -0.15) is 0 Å². The number of hydrogen-bond donors (Lipinski definition) is 2. The highest BCUT2D eigenvalue weighted by Crippen LogP contribution is 2.47. The zero-order valence-corrected chi connectivity index (χ0v) is 16.9. The number of amides is 1. The van der Waals surface area contributed by atoms with E-state index in [0.717, 1.165) is 25.1 Å². The highest BCUT2D eigenvalue weighted by molar-refractivity contribution is 5.93. The molecule has 3 aliphatic rings. The first-order chi connectivity index (χ1) is 11.7. The summed E-state index contributed by atoms with van der Waals surface area (Å²) in [6.07, 6.45) is 7.31. The predicted molar refractivity (Wildman–Crippen MR) is 111 cm³/mol. The summed E-state index contributed by atoms with van der Waals surface area (Å²) in [4.78, 5) is 15.1. The van der Waals surface area contributed by atoms with Crippen molar-refractivity contribution < 1.29 is 4.79 Å². The van der Waals surface area contributed by atoms with Gasteiger partial charge in [0.05, 0.1) is 5.92 Å². The maximum Gasteiger partial charge on any atom is 0.229 e. The zero-order valence-electron chi connectivity index (χ0n) is 15.2. The summed E-state index contributed by atoms with van der Waals surface area (Å²) in [7, 11) is 0. The molecule has 0 radical (unpaired) electrons. The molecule has 26 heavy (non-hydrogen) atoms. The van der Waals surface area contributed by atoms with Crippen molar-refractivity contribution in [3.63, 3.8) is 0 Å². The first-order valence-corrected chi connectivity index (χ1v) is 9.58. The van der Waals surface area contributed by atoms with Crippen LogP contribution in [0.5, 0.6) is 0 Å². The molecule has 0 spiro atoms.